The van der Waals surface area contributed by atoms with E-state index in [1.807, 2.05) is 0 Å². The van der Waals surface area contributed by atoms with Gasteiger partial charge in [0, 0.05) is 24.2 Å². The number of primary sulfonamides is 1. The Hall–Kier alpha value is -3.29. The van der Waals surface area contributed by atoms with E-state index in [-0.39, 0.29) is 27.2 Å². The maximum atomic E-state index is 14.4. The van der Waals surface area contributed by atoms with Crippen molar-refractivity contribution in [2.75, 3.05) is 28.8 Å². The first kappa shape index (κ1) is 21.9. The quantitative estimate of drug-likeness (QED) is 0.417. The number of halogens is 1. The molecule has 32 heavy (non-hydrogen) atoms. The predicted octanol–water partition coefficient (Wildman–Crippen LogP) is 2.12. The second-order valence-corrected chi connectivity index (χ2v) is 10.6. The highest BCUT2D eigenvalue weighted by Crippen LogP contribution is 2.36. The van der Waals surface area contributed by atoms with E-state index in [1.165, 1.54) is 24.3 Å². The van der Waals surface area contributed by atoms with Crippen molar-refractivity contribution in [1.82, 2.24) is 9.97 Å². The lowest BCUT2D eigenvalue weighted by molar-refractivity contribution is 0.597. The molecule has 4 rings (SSSR count). The fourth-order valence-corrected chi connectivity index (χ4v) is 5.08. The molecular formula is C19H19FN6O4S2. The summed E-state index contributed by atoms with van der Waals surface area (Å²) in [5, 5.41) is 13.8. The van der Waals surface area contributed by atoms with Gasteiger partial charge in [-0.1, -0.05) is 0 Å². The van der Waals surface area contributed by atoms with Crippen LogP contribution in [-0.2, 0) is 26.3 Å². The molecule has 10 nitrogen and oxygen atoms in total. The highest BCUT2D eigenvalue weighted by Gasteiger charge is 2.25. The largest absolute Gasteiger partial charge is 0.384 e. The van der Waals surface area contributed by atoms with Gasteiger partial charge in [0.1, 0.15) is 0 Å². The van der Waals surface area contributed by atoms with Crippen molar-refractivity contribution in [1.29, 1.82) is 0 Å². The number of nitrogens with two attached hydrogens (primary N) is 1. The van der Waals surface area contributed by atoms with Crippen LogP contribution in [0.15, 0.2) is 52.4 Å². The molecule has 1 aromatic heterocycles. The number of sulfonamides is 1. The summed E-state index contributed by atoms with van der Waals surface area (Å²) in [6, 6.07) is 8.79. The molecule has 168 valence electrons. The van der Waals surface area contributed by atoms with E-state index in [4.69, 9.17) is 5.14 Å². The fourth-order valence-electron chi connectivity index (χ4n) is 3.39. The Labute approximate surface area is 184 Å². The Morgan fingerprint density at radius 1 is 1.06 bits per heavy atom. The highest BCUT2D eigenvalue weighted by molar-refractivity contribution is 7.91. The molecule has 0 saturated carbocycles. The average molecular weight is 479 g/mol. The third kappa shape index (κ3) is 4.49. The van der Waals surface area contributed by atoms with E-state index in [1.54, 1.807) is 12.1 Å². The van der Waals surface area contributed by atoms with Crippen LogP contribution in [0.1, 0.15) is 5.56 Å². The third-order valence-electron chi connectivity index (χ3n) is 4.76. The standard InChI is InChI=1S/C19H19FN6O4S2/c1-31(27,28)17-13-8-9-22-15(13)6-7-16(17)25-18-14(20)10-23-19(26-18)24-11-2-4-12(5-3-11)32(21,29)30/h2-7,10,22H,8-9H2,1H3,(H2,21,29,30)(H2,23,24,25,26). The molecule has 3 aromatic rings. The van der Waals surface area contributed by atoms with Crippen molar-refractivity contribution in [2.24, 2.45) is 5.14 Å². The van der Waals surface area contributed by atoms with Crippen LogP contribution in [0.2, 0.25) is 0 Å². The monoisotopic (exact) mass is 478 g/mol. The summed E-state index contributed by atoms with van der Waals surface area (Å²) in [6.45, 7) is 0.613. The molecule has 0 spiro atoms. The van der Waals surface area contributed by atoms with Crippen LogP contribution in [-0.4, -0.2) is 39.6 Å². The maximum Gasteiger partial charge on any atom is 0.238 e. The van der Waals surface area contributed by atoms with Crippen molar-refractivity contribution >= 4 is 48.7 Å². The summed E-state index contributed by atoms with van der Waals surface area (Å²) in [4.78, 5) is 7.98. The lowest BCUT2D eigenvalue weighted by Gasteiger charge is -2.15. The van der Waals surface area contributed by atoms with Gasteiger partial charge in [-0.2, -0.15) is 4.98 Å². The molecule has 1 aliphatic heterocycles. The number of hydrogen-bond donors (Lipinski definition) is 4. The summed E-state index contributed by atoms with van der Waals surface area (Å²) in [5.74, 6) is -0.987. The number of nitrogens with zero attached hydrogens (tertiary/aromatic N) is 2. The minimum atomic E-state index is -3.83. The molecule has 0 unspecified atom stereocenters. The number of rotatable bonds is 6. The van der Waals surface area contributed by atoms with Gasteiger partial charge in [0.2, 0.25) is 16.0 Å². The normalized spacial score (nSPS) is 13.3. The maximum absolute atomic E-state index is 14.4. The van der Waals surface area contributed by atoms with Crippen molar-refractivity contribution in [2.45, 2.75) is 16.2 Å². The second kappa shape index (κ2) is 8.00. The molecule has 0 fully saturated rings. The van der Waals surface area contributed by atoms with E-state index in [2.05, 4.69) is 25.9 Å². The van der Waals surface area contributed by atoms with Crippen LogP contribution < -0.4 is 21.1 Å². The van der Waals surface area contributed by atoms with Crippen LogP contribution >= 0.6 is 0 Å². The summed E-state index contributed by atoms with van der Waals surface area (Å²) in [5.41, 5.74) is 2.01. The molecule has 0 amide bonds. The number of aromatic nitrogens is 2. The highest BCUT2D eigenvalue weighted by atomic mass is 32.2. The van der Waals surface area contributed by atoms with E-state index in [0.717, 1.165) is 18.1 Å². The topological polar surface area (TPSA) is 156 Å². The lowest BCUT2D eigenvalue weighted by Crippen LogP contribution is -2.12. The molecule has 0 atom stereocenters. The van der Waals surface area contributed by atoms with Gasteiger partial charge >= 0.3 is 0 Å². The Balaban J connectivity index is 1.65. The van der Waals surface area contributed by atoms with E-state index >= 15 is 0 Å². The number of nitrogens with one attached hydrogen (secondary N) is 3. The Bertz CT molecular complexity index is 1410. The van der Waals surface area contributed by atoms with Gasteiger partial charge in [0.15, 0.2) is 21.5 Å². The van der Waals surface area contributed by atoms with Gasteiger partial charge in [-0.15, -0.1) is 0 Å². The zero-order chi connectivity index (χ0) is 23.1. The molecule has 0 saturated heterocycles. The first-order valence-electron chi connectivity index (χ1n) is 9.31. The summed E-state index contributed by atoms with van der Waals surface area (Å²) < 4.78 is 62.0. The van der Waals surface area contributed by atoms with Crippen molar-refractivity contribution in [3.05, 3.63) is 54.0 Å². The van der Waals surface area contributed by atoms with Gasteiger partial charge in [-0.3, -0.25) is 0 Å². The van der Waals surface area contributed by atoms with Crippen LogP contribution in [0.25, 0.3) is 0 Å². The zero-order valence-electron chi connectivity index (χ0n) is 16.8. The molecule has 2 aromatic carbocycles. The third-order valence-corrected chi connectivity index (χ3v) is 6.90. The first-order chi connectivity index (χ1) is 15.0. The molecule has 2 heterocycles. The molecule has 0 aliphatic carbocycles. The average Bonchev–Trinajstić information content (AvgIpc) is 3.17. The second-order valence-electron chi connectivity index (χ2n) is 7.13. The number of fused-ring (bicyclic) bond motifs is 1. The summed E-state index contributed by atoms with van der Waals surface area (Å²) in [7, 11) is -7.44. The fraction of sp³-hybridized carbons (Fsp3) is 0.158. The van der Waals surface area contributed by atoms with Gasteiger partial charge < -0.3 is 16.0 Å². The smallest absolute Gasteiger partial charge is 0.238 e. The number of benzene rings is 2. The number of anilines is 5. The van der Waals surface area contributed by atoms with Gasteiger partial charge in [0.05, 0.1) is 21.7 Å². The van der Waals surface area contributed by atoms with Crippen molar-refractivity contribution < 1.29 is 21.2 Å². The van der Waals surface area contributed by atoms with Crippen LogP contribution in [0.4, 0.5) is 33.2 Å². The van der Waals surface area contributed by atoms with Gasteiger partial charge in [-0.05, 0) is 48.4 Å². The number of hydrogen-bond acceptors (Lipinski definition) is 9. The van der Waals surface area contributed by atoms with Gasteiger partial charge in [0.25, 0.3) is 0 Å². The van der Waals surface area contributed by atoms with Crippen LogP contribution in [0.5, 0.6) is 0 Å². The first-order valence-corrected chi connectivity index (χ1v) is 12.8. The van der Waals surface area contributed by atoms with E-state index in [0.29, 0.717) is 24.2 Å². The molecule has 5 N–H and O–H groups in total. The molecule has 1 aliphatic rings. The SMILES string of the molecule is CS(=O)(=O)c1c(Nc2nc(Nc3ccc(S(N)(=O)=O)cc3)ncc2F)ccc2c1CCN2. The van der Waals surface area contributed by atoms with Crippen LogP contribution in [0.3, 0.4) is 0 Å². The Morgan fingerprint density at radius 2 is 1.78 bits per heavy atom. The summed E-state index contributed by atoms with van der Waals surface area (Å²) >= 11 is 0. The number of sulfone groups is 1. The van der Waals surface area contributed by atoms with Crippen molar-refractivity contribution in [3.8, 4) is 0 Å². The van der Waals surface area contributed by atoms with Crippen LogP contribution in [0, 0.1) is 5.82 Å². The predicted molar refractivity (Wildman–Crippen MR) is 118 cm³/mol. The van der Waals surface area contributed by atoms with Gasteiger partial charge in [-0.25, -0.2) is 31.3 Å². The van der Waals surface area contributed by atoms with E-state index < -0.39 is 25.7 Å². The zero-order valence-corrected chi connectivity index (χ0v) is 18.4. The summed E-state index contributed by atoms with van der Waals surface area (Å²) in [6.07, 6.45) is 2.56. The van der Waals surface area contributed by atoms with Crippen molar-refractivity contribution in [3.63, 3.8) is 0 Å². The molecule has 13 heteroatoms. The molecule has 0 bridgehead atoms. The molecular weight excluding hydrogens is 459 g/mol. The van der Waals surface area contributed by atoms with E-state index in [9.17, 15) is 21.2 Å². The minimum Gasteiger partial charge on any atom is -0.384 e. The molecule has 0 radical (unpaired) electrons. The Morgan fingerprint density at radius 3 is 2.44 bits per heavy atom. The minimum absolute atomic E-state index is 0.0148. The Kier molecular flexibility index (Phi) is 5.48. The lowest BCUT2D eigenvalue weighted by atomic mass is 10.1.